The highest BCUT2D eigenvalue weighted by Gasteiger charge is 2.16. The Hall–Kier alpha value is -2.83. The number of para-hydroxylation sites is 1. The van der Waals surface area contributed by atoms with Crippen molar-refractivity contribution in [2.75, 3.05) is 5.32 Å². The van der Waals surface area contributed by atoms with E-state index in [4.69, 9.17) is 0 Å². The molecule has 0 atom stereocenters. The van der Waals surface area contributed by atoms with E-state index >= 15 is 0 Å². The average Bonchev–Trinajstić information content (AvgIpc) is 2.87. The lowest BCUT2D eigenvalue weighted by Gasteiger charge is -2.04. The number of benzene rings is 2. The number of carbonyl (C=O) groups excluding carboxylic acids is 1. The van der Waals surface area contributed by atoms with Crippen LogP contribution in [-0.4, -0.2) is 16.1 Å². The molecule has 2 N–H and O–H groups in total. The van der Waals surface area contributed by atoms with Crippen molar-refractivity contribution in [3.05, 3.63) is 59.4 Å². The molecular weight excluding hydrogens is 283 g/mol. The first-order valence-electron chi connectivity index (χ1n) is 5.95. The molecule has 0 fully saturated rings. The molecule has 0 spiro atoms. The van der Waals surface area contributed by atoms with Crippen molar-refractivity contribution in [3.8, 4) is 0 Å². The fourth-order valence-electron chi connectivity index (χ4n) is 1.93. The number of fused-ring (bicyclic) bond motifs is 1. The fraction of sp³-hybridized carbons (Fsp3) is 0. The van der Waals surface area contributed by atoms with Crippen LogP contribution in [0.3, 0.4) is 0 Å². The average molecular weight is 291 g/mol. The zero-order valence-corrected chi connectivity index (χ0v) is 10.5. The molecule has 0 aliphatic rings. The van der Waals surface area contributed by atoms with Crippen LogP contribution in [0.15, 0.2) is 36.4 Å². The molecule has 2 aromatic carbocycles. The third-order valence-electron chi connectivity index (χ3n) is 2.95. The number of carbonyl (C=O) groups is 1. The van der Waals surface area contributed by atoms with E-state index in [1.807, 2.05) is 0 Å². The van der Waals surface area contributed by atoms with Gasteiger partial charge in [0.15, 0.2) is 23.3 Å². The monoisotopic (exact) mass is 291 g/mol. The molecule has 1 heterocycles. The van der Waals surface area contributed by atoms with Crippen molar-refractivity contribution in [2.45, 2.75) is 0 Å². The van der Waals surface area contributed by atoms with Crippen LogP contribution in [0, 0.1) is 17.5 Å². The Morgan fingerprint density at radius 3 is 2.48 bits per heavy atom. The molecule has 3 aromatic rings. The Balaban J connectivity index is 1.93. The van der Waals surface area contributed by atoms with E-state index in [0.29, 0.717) is 23.0 Å². The number of rotatable bonds is 2. The highest BCUT2D eigenvalue weighted by Crippen LogP contribution is 2.21. The zero-order valence-electron chi connectivity index (χ0n) is 10.5. The number of aromatic amines is 1. The van der Waals surface area contributed by atoms with Crippen LogP contribution >= 0.6 is 0 Å². The Labute approximate surface area is 116 Å². The summed E-state index contributed by atoms with van der Waals surface area (Å²) in [6.07, 6.45) is 0. The topological polar surface area (TPSA) is 57.8 Å². The molecule has 0 bridgehead atoms. The molecule has 1 aromatic heterocycles. The number of aromatic nitrogens is 2. The molecular formula is C14H8F3N3O. The molecule has 0 saturated heterocycles. The lowest BCUT2D eigenvalue weighted by Crippen LogP contribution is -2.13. The van der Waals surface area contributed by atoms with Crippen molar-refractivity contribution in [2.24, 2.45) is 0 Å². The minimum absolute atomic E-state index is 0.223. The molecule has 7 heteroatoms. The highest BCUT2D eigenvalue weighted by molar-refractivity contribution is 6.07. The van der Waals surface area contributed by atoms with Crippen LogP contribution in [0.2, 0.25) is 0 Å². The molecule has 1 amide bonds. The number of hydrogen-bond donors (Lipinski definition) is 2. The number of H-pyrrole nitrogens is 1. The Morgan fingerprint density at radius 1 is 1.10 bits per heavy atom. The zero-order chi connectivity index (χ0) is 15.0. The predicted octanol–water partition coefficient (Wildman–Crippen LogP) is 3.23. The molecule has 0 unspecified atom stereocenters. The summed E-state index contributed by atoms with van der Waals surface area (Å²) in [5.74, 6) is -5.03. The van der Waals surface area contributed by atoms with Gasteiger partial charge < -0.3 is 5.32 Å². The largest absolute Gasteiger partial charge is 0.305 e. The van der Waals surface area contributed by atoms with Gasteiger partial charge in [0, 0.05) is 10.9 Å². The van der Waals surface area contributed by atoms with Crippen LogP contribution in [0.4, 0.5) is 19.0 Å². The van der Waals surface area contributed by atoms with Gasteiger partial charge >= 0.3 is 0 Å². The Bertz CT molecular complexity index is 821. The fourth-order valence-corrected chi connectivity index (χ4v) is 1.93. The van der Waals surface area contributed by atoms with Crippen molar-refractivity contribution < 1.29 is 18.0 Å². The summed E-state index contributed by atoms with van der Waals surface area (Å²) in [4.78, 5) is 12.0. The smallest absolute Gasteiger partial charge is 0.257 e. The van der Waals surface area contributed by atoms with E-state index in [1.54, 1.807) is 24.3 Å². The summed E-state index contributed by atoms with van der Waals surface area (Å²) >= 11 is 0. The van der Waals surface area contributed by atoms with E-state index in [0.717, 1.165) is 0 Å². The second-order valence-corrected chi connectivity index (χ2v) is 4.33. The van der Waals surface area contributed by atoms with Gasteiger partial charge in [-0.3, -0.25) is 9.89 Å². The molecule has 21 heavy (non-hydrogen) atoms. The molecule has 0 saturated carbocycles. The van der Waals surface area contributed by atoms with Crippen LogP contribution in [0.1, 0.15) is 10.4 Å². The van der Waals surface area contributed by atoms with E-state index in [2.05, 4.69) is 15.5 Å². The first kappa shape index (κ1) is 13.2. The highest BCUT2D eigenvalue weighted by atomic mass is 19.2. The van der Waals surface area contributed by atoms with Crippen molar-refractivity contribution in [1.82, 2.24) is 10.2 Å². The van der Waals surface area contributed by atoms with Crippen LogP contribution in [-0.2, 0) is 0 Å². The van der Waals surface area contributed by atoms with E-state index in [9.17, 15) is 18.0 Å². The summed E-state index contributed by atoms with van der Waals surface area (Å²) in [7, 11) is 0. The van der Waals surface area contributed by atoms with Gasteiger partial charge in [0.25, 0.3) is 5.91 Å². The maximum Gasteiger partial charge on any atom is 0.257 e. The van der Waals surface area contributed by atoms with Gasteiger partial charge in [0.1, 0.15) is 0 Å². The molecule has 4 nitrogen and oxygen atoms in total. The van der Waals surface area contributed by atoms with E-state index in [-0.39, 0.29) is 11.4 Å². The molecule has 3 rings (SSSR count). The lowest BCUT2D eigenvalue weighted by molar-refractivity contribution is 0.102. The van der Waals surface area contributed by atoms with Gasteiger partial charge in [-0.25, -0.2) is 13.2 Å². The maximum absolute atomic E-state index is 13.1. The number of nitrogens with one attached hydrogen (secondary N) is 2. The van der Waals surface area contributed by atoms with Gasteiger partial charge in [-0.15, -0.1) is 0 Å². The summed E-state index contributed by atoms with van der Waals surface area (Å²) < 4.78 is 39.1. The minimum Gasteiger partial charge on any atom is -0.305 e. The number of anilines is 1. The van der Waals surface area contributed by atoms with E-state index < -0.39 is 23.4 Å². The lowest BCUT2D eigenvalue weighted by atomic mass is 10.2. The number of amides is 1. The Morgan fingerprint density at radius 2 is 1.76 bits per heavy atom. The van der Waals surface area contributed by atoms with Gasteiger partial charge in [0.2, 0.25) is 0 Å². The van der Waals surface area contributed by atoms with E-state index in [1.165, 1.54) is 0 Å². The summed E-state index contributed by atoms with van der Waals surface area (Å²) in [6.45, 7) is 0. The van der Waals surface area contributed by atoms with Gasteiger partial charge in [-0.1, -0.05) is 12.1 Å². The quantitative estimate of drug-likeness (QED) is 0.712. The number of nitrogens with zero attached hydrogens (tertiary/aromatic N) is 1. The molecule has 106 valence electrons. The van der Waals surface area contributed by atoms with Gasteiger partial charge in [-0.05, 0) is 24.3 Å². The van der Waals surface area contributed by atoms with Crippen LogP contribution in [0.25, 0.3) is 10.9 Å². The third kappa shape index (κ3) is 2.33. The maximum atomic E-state index is 13.1. The molecule has 0 aliphatic carbocycles. The van der Waals surface area contributed by atoms with Gasteiger partial charge in [0.05, 0.1) is 5.52 Å². The number of hydrogen-bond acceptors (Lipinski definition) is 2. The van der Waals surface area contributed by atoms with Crippen molar-refractivity contribution >= 4 is 22.6 Å². The van der Waals surface area contributed by atoms with Gasteiger partial charge in [-0.2, -0.15) is 5.10 Å². The van der Waals surface area contributed by atoms with Crippen LogP contribution in [0.5, 0.6) is 0 Å². The Kier molecular flexibility index (Phi) is 3.09. The SMILES string of the molecule is O=C(Nc1n[nH]c2ccccc12)c1cc(F)c(F)c(F)c1. The predicted molar refractivity (Wildman–Crippen MR) is 70.4 cm³/mol. The standard InChI is InChI=1S/C14H8F3N3O/c15-9-5-7(6-10(16)12(9)17)14(21)18-13-8-3-1-2-4-11(8)19-20-13/h1-6H,(H2,18,19,20,21). The normalized spacial score (nSPS) is 10.8. The first-order chi connectivity index (χ1) is 10.1. The first-order valence-corrected chi connectivity index (χ1v) is 5.95. The van der Waals surface area contributed by atoms with Crippen molar-refractivity contribution in [3.63, 3.8) is 0 Å². The molecule has 0 radical (unpaired) electrons. The molecule has 0 aliphatic heterocycles. The summed E-state index contributed by atoms with van der Waals surface area (Å²) in [6, 6.07) is 8.28. The van der Waals surface area contributed by atoms with Crippen LogP contribution < -0.4 is 5.32 Å². The summed E-state index contributed by atoms with van der Waals surface area (Å²) in [5.41, 5.74) is 0.364. The van der Waals surface area contributed by atoms with Crippen molar-refractivity contribution in [1.29, 1.82) is 0 Å². The third-order valence-corrected chi connectivity index (χ3v) is 2.95. The summed E-state index contributed by atoms with van der Waals surface area (Å²) in [5, 5.41) is 9.67. The second kappa shape index (κ2) is 4.93. The number of halogens is 3. The second-order valence-electron chi connectivity index (χ2n) is 4.33. The minimum atomic E-state index is -1.61.